The summed E-state index contributed by atoms with van der Waals surface area (Å²) < 4.78 is 0. The maximum absolute atomic E-state index is 6.32. The number of nitrogens with zero attached hydrogens (tertiary/aromatic N) is 1. The zero-order valence-corrected chi connectivity index (χ0v) is 13.4. The molecule has 0 radical (unpaired) electrons. The molecule has 1 aromatic carbocycles. The number of fused-ring (bicyclic) bond motifs is 2. The lowest BCUT2D eigenvalue weighted by atomic mass is 9.97. The molecular weight excluding hydrogens is 291 g/mol. The van der Waals surface area contributed by atoms with Crippen molar-refractivity contribution in [2.45, 2.75) is 57.3 Å². The number of halogens is 2. The summed E-state index contributed by atoms with van der Waals surface area (Å²) in [5.74, 6) is 0. The second-order valence-electron chi connectivity index (χ2n) is 6.06. The van der Waals surface area contributed by atoms with E-state index in [-0.39, 0.29) is 0 Å². The molecule has 0 aromatic heterocycles. The van der Waals surface area contributed by atoms with Gasteiger partial charge in [0.1, 0.15) is 0 Å². The Morgan fingerprint density at radius 2 is 1.90 bits per heavy atom. The highest BCUT2D eigenvalue weighted by Crippen LogP contribution is 2.31. The predicted octanol–water partition coefficient (Wildman–Crippen LogP) is 4.10. The third-order valence-electron chi connectivity index (χ3n) is 4.76. The number of piperidine rings is 1. The molecule has 2 saturated heterocycles. The Morgan fingerprint density at radius 1 is 1.20 bits per heavy atom. The van der Waals surface area contributed by atoms with Crippen molar-refractivity contribution < 1.29 is 0 Å². The first kappa shape index (κ1) is 14.6. The number of benzene rings is 1. The van der Waals surface area contributed by atoms with Crippen LogP contribution in [0.25, 0.3) is 0 Å². The second-order valence-corrected chi connectivity index (χ2v) is 6.91. The van der Waals surface area contributed by atoms with Gasteiger partial charge in [0.05, 0.1) is 0 Å². The number of hydrogen-bond acceptors (Lipinski definition) is 2. The fourth-order valence-electron chi connectivity index (χ4n) is 3.69. The molecule has 2 bridgehead atoms. The molecule has 2 unspecified atom stereocenters. The monoisotopic (exact) mass is 312 g/mol. The minimum absolute atomic E-state index is 0.686. The average molecular weight is 313 g/mol. The van der Waals surface area contributed by atoms with Gasteiger partial charge < -0.3 is 5.32 Å². The first-order valence-electron chi connectivity index (χ1n) is 7.59. The van der Waals surface area contributed by atoms with Gasteiger partial charge in [-0.1, -0.05) is 36.2 Å². The predicted molar refractivity (Wildman–Crippen MR) is 85.5 cm³/mol. The van der Waals surface area contributed by atoms with Crippen molar-refractivity contribution in [1.29, 1.82) is 0 Å². The topological polar surface area (TPSA) is 15.3 Å². The molecule has 110 valence electrons. The molecule has 2 atom stereocenters. The SMILES string of the molecule is CCN(Cc1ccc(Cl)cc1Cl)C1CC2CCC(C1)N2. The zero-order chi connectivity index (χ0) is 14.1. The van der Waals surface area contributed by atoms with E-state index in [0.29, 0.717) is 11.1 Å². The summed E-state index contributed by atoms with van der Waals surface area (Å²) >= 11 is 12.3. The van der Waals surface area contributed by atoms with Crippen LogP contribution in [-0.2, 0) is 6.54 Å². The van der Waals surface area contributed by atoms with Crippen LogP contribution < -0.4 is 5.32 Å². The molecule has 1 N–H and O–H groups in total. The first-order valence-corrected chi connectivity index (χ1v) is 8.35. The fourth-order valence-corrected chi connectivity index (χ4v) is 4.16. The largest absolute Gasteiger partial charge is 0.311 e. The second kappa shape index (κ2) is 6.23. The maximum Gasteiger partial charge on any atom is 0.0465 e. The minimum atomic E-state index is 0.686. The van der Waals surface area contributed by atoms with Crippen molar-refractivity contribution in [2.75, 3.05) is 6.54 Å². The standard InChI is InChI=1S/C16H22Cl2N2/c1-2-20(10-11-3-4-12(17)7-16(11)18)15-8-13-5-6-14(9-15)19-13/h3-4,7,13-15,19H,2,5-6,8-10H2,1H3. The third kappa shape index (κ3) is 3.14. The van der Waals surface area contributed by atoms with E-state index in [9.17, 15) is 0 Å². The number of rotatable bonds is 4. The van der Waals surface area contributed by atoms with Gasteiger partial charge in [0.25, 0.3) is 0 Å². The van der Waals surface area contributed by atoms with Gasteiger partial charge >= 0.3 is 0 Å². The Hall–Kier alpha value is -0.280. The van der Waals surface area contributed by atoms with E-state index in [4.69, 9.17) is 23.2 Å². The van der Waals surface area contributed by atoms with Crippen molar-refractivity contribution in [3.8, 4) is 0 Å². The third-order valence-corrected chi connectivity index (χ3v) is 5.35. The molecule has 1 aromatic rings. The summed E-state index contributed by atoms with van der Waals surface area (Å²) in [7, 11) is 0. The molecule has 2 fully saturated rings. The van der Waals surface area contributed by atoms with E-state index >= 15 is 0 Å². The van der Waals surface area contributed by atoms with Gasteiger partial charge in [-0.3, -0.25) is 4.90 Å². The van der Waals surface area contributed by atoms with Crippen LogP contribution in [0.5, 0.6) is 0 Å². The molecular formula is C16H22Cl2N2. The Balaban J connectivity index is 1.70. The Kier molecular flexibility index (Phi) is 4.56. The Bertz CT molecular complexity index is 466. The van der Waals surface area contributed by atoms with Gasteiger partial charge in [-0.25, -0.2) is 0 Å². The van der Waals surface area contributed by atoms with Gasteiger partial charge in [-0.15, -0.1) is 0 Å². The van der Waals surface area contributed by atoms with E-state index in [0.717, 1.165) is 30.2 Å². The van der Waals surface area contributed by atoms with Crippen LogP contribution in [0.1, 0.15) is 38.2 Å². The molecule has 2 aliphatic heterocycles. The highest BCUT2D eigenvalue weighted by Gasteiger charge is 2.35. The average Bonchev–Trinajstić information content (AvgIpc) is 2.77. The molecule has 2 aliphatic rings. The van der Waals surface area contributed by atoms with Crippen LogP contribution in [0, 0.1) is 0 Å². The first-order chi connectivity index (χ1) is 9.65. The van der Waals surface area contributed by atoms with Crippen LogP contribution >= 0.6 is 23.2 Å². The minimum Gasteiger partial charge on any atom is -0.311 e. The van der Waals surface area contributed by atoms with E-state index in [1.807, 2.05) is 12.1 Å². The lowest BCUT2D eigenvalue weighted by Crippen LogP contribution is -2.47. The van der Waals surface area contributed by atoms with Crippen LogP contribution in [-0.4, -0.2) is 29.6 Å². The van der Waals surface area contributed by atoms with E-state index in [2.05, 4.69) is 23.2 Å². The summed E-state index contributed by atoms with van der Waals surface area (Å²) in [6.07, 6.45) is 5.24. The summed E-state index contributed by atoms with van der Waals surface area (Å²) in [4.78, 5) is 2.57. The smallest absolute Gasteiger partial charge is 0.0465 e. The highest BCUT2D eigenvalue weighted by atomic mass is 35.5. The molecule has 0 spiro atoms. The van der Waals surface area contributed by atoms with Crippen molar-refractivity contribution >= 4 is 23.2 Å². The lowest BCUT2D eigenvalue weighted by molar-refractivity contribution is 0.141. The van der Waals surface area contributed by atoms with Crippen molar-refractivity contribution in [1.82, 2.24) is 10.2 Å². The zero-order valence-electron chi connectivity index (χ0n) is 11.9. The quantitative estimate of drug-likeness (QED) is 0.900. The van der Waals surface area contributed by atoms with Crippen molar-refractivity contribution in [3.63, 3.8) is 0 Å². The van der Waals surface area contributed by atoms with Gasteiger partial charge in [-0.05, 0) is 49.9 Å². The Labute approximate surface area is 131 Å². The Morgan fingerprint density at radius 3 is 2.50 bits per heavy atom. The summed E-state index contributed by atoms with van der Waals surface area (Å²) in [5, 5.41) is 5.21. The molecule has 0 saturated carbocycles. The van der Waals surface area contributed by atoms with Gasteiger partial charge in [0.15, 0.2) is 0 Å². The lowest BCUT2D eigenvalue weighted by Gasteiger charge is -2.37. The van der Waals surface area contributed by atoms with Gasteiger partial charge in [-0.2, -0.15) is 0 Å². The molecule has 0 amide bonds. The van der Waals surface area contributed by atoms with Crippen molar-refractivity contribution in [3.05, 3.63) is 33.8 Å². The molecule has 2 heterocycles. The molecule has 3 rings (SSSR count). The molecule has 0 aliphatic carbocycles. The van der Waals surface area contributed by atoms with Crippen LogP contribution in [0.3, 0.4) is 0 Å². The van der Waals surface area contributed by atoms with E-state index < -0.39 is 0 Å². The number of hydrogen-bond donors (Lipinski definition) is 1. The van der Waals surface area contributed by atoms with Crippen LogP contribution in [0.15, 0.2) is 18.2 Å². The summed E-state index contributed by atoms with van der Waals surface area (Å²) in [6, 6.07) is 7.98. The van der Waals surface area contributed by atoms with Crippen LogP contribution in [0.2, 0.25) is 10.0 Å². The van der Waals surface area contributed by atoms with E-state index in [1.54, 1.807) is 0 Å². The molecule has 4 heteroatoms. The molecule has 20 heavy (non-hydrogen) atoms. The van der Waals surface area contributed by atoms with Crippen molar-refractivity contribution in [2.24, 2.45) is 0 Å². The van der Waals surface area contributed by atoms with Gasteiger partial charge in [0.2, 0.25) is 0 Å². The maximum atomic E-state index is 6.32. The normalized spacial score (nSPS) is 29.1. The molecule has 2 nitrogen and oxygen atoms in total. The summed E-state index contributed by atoms with van der Waals surface area (Å²) in [6.45, 7) is 4.24. The summed E-state index contributed by atoms with van der Waals surface area (Å²) in [5.41, 5.74) is 1.18. The fraction of sp³-hybridized carbons (Fsp3) is 0.625. The highest BCUT2D eigenvalue weighted by molar-refractivity contribution is 6.35. The van der Waals surface area contributed by atoms with Crippen LogP contribution in [0.4, 0.5) is 0 Å². The van der Waals surface area contributed by atoms with E-state index in [1.165, 1.54) is 31.2 Å². The van der Waals surface area contributed by atoms with Gasteiger partial charge in [0, 0.05) is 34.7 Å². The number of nitrogens with one attached hydrogen (secondary N) is 1.